The zero-order chi connectivity index (χ0) is 19.1. The molecule has 28 heavy (non-hydrogen) atoms. The van der Waals surface area contributed by atoms with E-state index in [1.54, 1.807) is 6.07 Å². The molecular formula is C21H28FIN4O. The van der Waals surface area contributed by atoms with Crippen molar-refractivity contribution in [3.05, 3.63) is 65.5 Å². The van der Waals surface area contributed by atoms with E-state index >= 15 is 0 Å². The van der Waals surface area contributed by atoms with Gasteiger partial charge in [0, 0.05) is 33.7 Å². The molecule has 1 aliphatic rings. The van der Waals surface area contributed by atoms with Crippen LogP contribution in [0.15, 0.2) is 53.5 Å². The third-order valence-electron chi connectivity index (χ3n) is 4.49. The molecule has 1 saturated heterocycles. The number of anilines is 1. The standard InChI is InChI=1S/C21H27FN4O.HI/c1-25(2)21(23-15-17-6-4-3-5-7-17)24-16-18-8-9-20(19(22)14-18)26-10-12-27-13-11-26;/h3-9,14H,10-13,15-16H2,1-2H3,(H,23,24);1H. The van der Waals surface area contributed by atoms with Gasteiger partial charge in [-0.1, -0.05) is 36.4 Å². The van der Waals surface area contributed by atoms with Crippen molar-refractivity contribution >= 4 is 35.6 Å². The number of ether oxygens (including phenoxy) is 1. The predicted molar refractivity (Wildman–Crippen MR) is 123 cm³/mol. The van der Waals surface area contributed by atoms with Crippen LogP contribution in [0.5, 0.6) is 0 Å². The van der Waals surface area contributed by atoms with Gasteiger partial charge in [-0.2, -0.15) is 0 Å². The first kappa shape index (κ1) is 22.4. The van der Waals surface area contributed by atoms with Gasteiger partial charge in [0.25, 0.3) is 0 Å². The second-order valence-electron chi connectivity index (χ2n) is 6.76. The summed E-state index contributed by atoms with van der Waals surface area (Å²) in [6.45, 7) is 3.86. The molecule has 0 amide bonds. The van der Waals surface area contributed by atoms with Crippen LogP contribution in [-0.4, -0.2) is 51.3 Å². The van der Waals surface area contributed by atoms with Gasteiger partial charge in [-0.05, 0) is 23.3 Å². The molecule has 0 bridgehead atoms. The second-order valence-corrected chi connectivity index (χ2v) is 6.76. The van der Waals surface area contributed by atoms with Crippen molar-refractivity contribution in [1.82, 2.24) is 10.2 Å². The van der Waals surface area contributed by atoms with Crippen molar-refractivity contribution < 1.29 is 9.13 Å². The van der Waals surface area contributed by atoms with Crippen molar-refractivity contribution in [3.63, 3.8) is 0 Å². The molecule has 7 heteroatoms. The Balaban J connectivity index is 0.00000280. The largest absolute Gasteiger partial charge is 0.378 e. The molecule has 1 aliphatic heterocycles. The number of hydrogen-bond acceptors (Lipinski definition) is 3. The van der Waals surface area contributed by atoms with E-state index in [9.17, 15) is 4.39 Å². The van der Waals surface area contributed by atoms with E-state index in [-0.39, 0.29) is 29.8 Å². The number of hydrogen-bond donors (Lipinski definition) is 1. The number of guanidine groups is 1. The molecule has 2 aromatic rings. The molecule has 0 atom stereocenters. The van der Waals surface area contributed by atoms with Crippen LogP contribution in [0.1, 0.15) is 11.1 Å². The van der Waals surface area contributed by atoms with Gasteiger partial charge in [0.2, 0.25) is 0 Å². The average molecular weight is 498 g/mol. The molecule has 0 spiro atoms. The highest BCUT2D eigenvalue weighted by Gasteiger charge is 2.15. The maximum Gasteiger partial charge on any atom is 0.194 e. The van der Waals surface area contributed by atoms with Gasteiger partial charge in [-0.3, -0.25) is 0 Å². The lowest BCUT2D eigenvalue weighted by Crippen LogP contribution is -2.36. The van der Waals surface area contributed by atoms with E-state index in [1.807, 2.05) is 54.2 Å². The molecule has 0 aromatic heterocycles. The van der Waals surface area contributed by atoms with Crippen LogP contribution in [0.25, 0.3) is 0 Å². The van der Waals surface area contributed by atoms with Gasteiger partial charge < -0.3 is 19.9 Å². The molecule has 0 saturated carbocycles. The number of rotatable bonds is 5. The SMILES string of the molecule is CN(C)C(=NCc1ccc(N2CCOCC2)c(F)c1)NCc1ccccc1.I. The fourth-order valence-corrected chi connectivity index (χ4v) is 3.01. The lowest BCUT2D eigenvalue weighted by Gasteiger charge is -2.29. The van der Waals surface area contributed by atoms with Crippen LogP contribution in [-0.2, 0) is 17.8 Å². The monoisotopic (exact) mass is 498 g/mol. The molecule has 5 nitrogen and oxygen atoms in total. The minimum absolute atomic E-state index is 0. The summed E-state index contributed by atoms with van der Waals surface area (Å²) in [4.78, 5) is 8.58. The second kappa shape index (κ2) is 11.2. The maximum absolute atomic E-state index is 14.5. The molecule has 2 aromatic carbocycles. The van der Waals surface area contributed by atoms with E-state index in [4.69, 9.17) is 4.74 Å². The van der Waals surface area contributed by atoms with E-state index in [0.717, 1.165) is 24.6 Å². The van der Waals surface area contributed by atoms with Crippen LogP contribution in [0.3, 0.4) is 0 Å². The molecular weight excluding hydrogens is 470 g/mol. The first-order valence-electron chi connectivity index (χ1n) is 9.24. The van der Waals surface area contributed by atoms with Gasteiger partial charge in [0.15, 0.2) is 5.96 Å². The normalized spacial score (nSPS) is 14.4. The van der Waals surface area contributed by atoms with Gasteiger partial charge in [-0.15, -0.1) is 24.0 Å². The Morgan fingerprint density at radius 3 is 2.46 bits per heavy atom. The average Bonchev–Trinajstić information content (AvgIpc) is 2.69. The Kier molecular flexibility index (Phi) is 8.98. The first-order chi connectivity index (χ1) is 13.1. The summed E-state index contributed by atoms with van der Waals surface area (Å²) in [5.74, 6) is 0.574. The Morgan fingerprint density at radius 2 is 1.82 bits per heavy atom. The summed E-state index contributed by atoms with van der Waals surface area (Å²) >= 11 is 0. The van der Waals surface area contributed by atoms with E-state index in [2.05, 4.69) is 22.4 Å². The van der Waals surface area contributed by atoms with E-state index in [0.29, 0.717) is 32.0 Å². The maximum atomic E-state index is 14.5. The lowest BCUT2D eigenvalue weighted by molar-refractivity contribution is 0.122. The zero-order valence-electron chi connectivity index (χ0n) is 16.4. The van der Waals surface area contributed by atoms with Crippen LogP contribution in [0.2, 0.25) is 0 Å². The Bertz CT molecular complexity index is 764. The van der Waals surface area contributed by atoms with Gasteiger partial charge >= 0.3 is 0 Å². The minimum Gasteiger partial charge on any atom is -0.378 e. The molecule has 0 unspecified atom stereocenters. The quantitative estimate of drug-likeness (QED) is 0.390. The number of nitrogens with one attached hydrogen (secondary N) is 1. The lowest BCUT2D eigenvalue weighted by atomic mass is 10.1. The molecule has 1 heterocycles. The molecule has 152 valence electrons. The van der Waals surface area contributed by atoms with Crippen molar-refractivity contribution in [2.75, 3.05) is 45.3 Å². The van der Waals surface area contributed by atoms with Crippen LogP contribution >= 0.6 is 24.0 Å². The number of halogens is 2. The summed E-state index contributed by atoms with van der Waals surface area (Å²) in [6, 6.07) is 15.5. The summed E-state index contributed by atoms with van der Waals surface area (Å²) in [5, 5.41) is 3.34. The topological polar surface area (TPSA) is 40.1 Å². The zero-order valence-corrected chi connectivity index (χ0v) is 18.7. The Labute approximate surface area is 183 Å². The molecule has 1 N–H and O–H groups in total. The van der Waals surface area contributed by atoms with Crippen molar-refractivity contribution in [2.45, 2.75) is 13.1 Å². The molecule has 1 fully saturated rings. The smallest absolute Gasteiger partial charge is 0.194 e. The number of aliphatic imine (C=N–C) groups is 1. The fourth-order valence-electron chi connectivity index (χ4n) is 3.01. The van der Waals surface area contributed by atoms with E-state index in [1.165, 1.54) is 5.56 Å². The highest BCUT2D eigenvalue weighted by Crippen LogP contribution is 2.22. The van der Waals surface area contributed by atoms with Gasteiger partial charge in [0.05, 0.1) is 25.4 Å². The molecule has 0 radical (unpaired) electrons. The Hall–Kier alpha value is -1.87. The summed E-state index contributed by atoms with van der Waals surface area (Å²) in [7, 11) is 3.89. The number of benzene rings is 2. The third-order valence-corrected chi connectivity index (χ3v) is 4.49. The predicted octanol–water partition coefficient (Wildman–Crippen LogP) is 3.49. The van der Waals surface area contributed by atoms with Crippen molar-refractivity contribution in [3.8, 4) is 0 Å². The van der Waals surface area contributed by atoms with Crippen LogP contribution in [0, 0.1) is 5.82 Å². The minimum atomic E-state index is -0.201. The molecule has 3 rings (SSSR count). The highest BCUT2D eigenvalue weighted by atomic mass is 127. The molecule has 0 aliphatic carbocycles. The van der Waals surface area contributed by atoms with E-state index < -0.39 is 0 Å². The summed E-state index contributed by atoms with van der Waals surface area (Å²) in [5.41, 5.74) is 2.68. The van der Waals surface area contributed by atoms with Gasteiger partial charge in [0.1, 0.15) is 5.82 Å². The highest BCUT2D eigenvalue weighted by molar-refractivity contribution is 14.0. The van der Waals surface area contributed by atoms with Crippen LogP contribution in [0.4, 0.5) is 10.1 Å². The summed E-state index contributed by atoms with van der Waals surface area (Å²) in [6.07, 6.45) is 0. The first-order valence-corrected chi connectivity index (χ1v) is 9.24. The Morgan fingerprint density at radius 1 is 1.11 bits per heavy atom. The number of morpholine rings is 1. The van der Waals surface area contributed by atoms with Crippen molar-refractivity contribution in [2.24, 2.45) is 4.99 Å². The number of nitrogens with zero attached hydrogens (tertiary/aromatic N) is 3. The third kappa shape index (κ3) is 6.34. The fraction of sp³-hybridized carbons (Fsp3) is 0.381. The summed E-state index contributed by atoms with van der Waals surface area (Å²) < 4.78 is 19.9. The van der Waals surface area contributed by atoms with Crippen molar-refractivity contribution in [1.29, 1.82) is 0 Å². The van der Waals surface area contributed by atoms with Gasteiger partial charge in [-0.25, -0.2) is 9.38 Å². The van der Waals surface area contributed by atoms with Crippen LogP contribution < -0.4 is 10.2 Å².